The zero-order valence-electron chi connectivity index (χ0n) is 11.1. The number of aromatic nitrogens is 1. The van der Waals surface area contributed by atoms with Gasteiger partial charge in [0.25, 0.3) is 0 Å². The Morgan fingerprint density at radius 3 is 3.00 bits per heavy atom. The van der Waals surface area contributed by atoms with Crippen molar-refractivity contribution in [2.45, 2.75) is 25.8 Å². The van der Waals surface area contributed by atoms with Gasteiger partial charge in [-0.05, 0) is 31.9 Å². The second kappa shape index (κ2) is 6.36. The number of pyridine rings is 1. The van der Waals surface area contributed by atoms with Crippen molar-refractivity contribution >= 4 is 16.6 Å². The van der Waals surface area contributed by atoms with Crippen molar-refractivity contribution in [3.05, 3.63) is 30.5 Å². The molecule has 0 amide bonds. The van der Waals surface area contributed by atoms with Crippen LogP contribution in [0.1, 0.15) is 19.8 Å². The van der Waals surface area contributed by atoms with Crippen molar-refractivity contribution in [1.82, 2.24) is 4.98 Å². The first-order chi connectivity index (χ1) is 9.20. The number of hydrogen-bond donors (Lipinski definition) is 3. The molecule has 0 saturated carbocycles. The largest absolute Gasteiger partial charge is 0.411 e. The van der Waals surface area contributed by atoms with Gasteiger partial charge in [0.15, 0.2) is 0 Å². The van der Waals surface area contributed by atoms with Gasteiger partial charge in [-0.25, -0.2) is 0 Å². The van der Waals surface area contributed by atoms with Gasteiger partial charge in [0.1, 0.15) is 5.75 Å². The molecule has 0 radical (unpaired) electrons. The lowest BCUT2D eigenvalue weighted by molar-refractivity contribution is 0.335. The normalized spacial score (nSPS) is 12.4. The summed E-state index contributed by atoms with van der Waals surface area (Å²) in [5, 5.41) is 4.36. The third-order valence-corrected chi connectivity index (χ3v) is 2.97. The van der Waals surface area contributed by atoms with Crippen LogP contribution in [0.3, 0.4) is 0 Å². The number of hydrogen-bond acceptors (Lipinski definition) is 5. The molecule has 0 aliphatic heterocycles. The predicted molar refractivity (Wildman–Crippen MR) is 77.9 cm³/mol. The highest BCUT2D eigenvalue weighted by molar-refractivity contribution is 5.91. The zero-order chi connectivity index (χ0) is 13.7. The minimum absolute atomic E-state index is 0.232. The van der Waals surface area contributed by atoms with Crippen LogP contribution in [0, 0.1) is 0 Å². The van der Waals surface area contributed by atoms with Crippen molar-refractivity contribution in [2.75, 3.05) is 11.9 Å². The van der Waals surface area contributed by atoms with E-state index in [0.717, 1.165) is 36.0 Å². The molecule has 5 N–H and O–H groups in total. The van der Waals surface area contributed by atoms with Gasteiger partial charge in [0, 0.05) is 30.2 Å². The molecule has 102 valence electrons. The number of anilines is 1. The second-order valence-electron chi connectivity index (χ2n) is 4.71. The number of rotatable bonds is 6. The minimum Gasteiger partial charge on any atom is -0.411 e. The molecular formula is C14H20N4O. The third kappa shape index (κ3) is 3.56. The van der Waals surface area contributed by atoms with Gasteiger partial charge in [-0.3, -0.25) is 4.98 Å². The Morgan fingerprint density at radius 2 is 2.26 bits per heavy atom. The number of nitrogens with two attached hydrogens (primary N) is 2. The minimum atomic E-state index is 0.232. The molecule has 1 aromatic carbocycles. The molecule has 5 heteroatoms. The van der Waals surface area contributed by atoms with E-state index < -0.39 is 0 Å². The number of fused-ring (bicyclic) bond motifs is 1. The molecule has 0 spiro atoms. The van der Waals surface area contributed by atoms with Crippen molar-refractivity contribution in [3.8, 4) is 5.75 Å². The molecule has 2 aromatic rings. The Kier molecular flexibility index (Phi) is 4.54. The van der Waals surface area contributed by atoms with Crippen molar-refractivity contribution < 1.29 is 4.84 Å². The molecule has 2 rings (SSSR count). The number of benzene rings is 1. The Hall–Kier alpha value is -1.85. The second-order valence-corrected chi connectivity index (χ2v) is 4.71. The Labute approximate surface area is 112 Å². The average molecular weight is 260 g/mol. The van der Waals surface area contributed by atoms with Crippen LogP contribution in [0.15, 0.2) is 30.5 Å². The highest BCUT2D eigenvalue weighted by Gasteiger charge is 2.05. The van der Waals surface area contributed by atoms with Crippen LogP contribution in [0.25, 0.3) is 10.9 Å². The lowest BCUT2D eigenvalue weighted by Crippen LogP contribution is -2.16. The van der Waals surface area contributed by atoms with E-state index in [1.807, 2.05) is 31.2 Å². The Balaban J connectivity index is 2.16. The summed E-state index contributed by atoms with van der Waals surface area (Å²) >= 11 is 0. The highest BCUT2D eigenvalue weighted by atomic mass is 16.6. The van der Waals surface area contributed by atoms with Crippen LogP contribution in [-0.4, -0.2) is 17.6 Å². The van der Waals surface area contributed by atoms with E-state index >= 15 is 0 Å². The maximum Gasteiger partial charge on any atom is 0.149 e. The molecule has 1 heterocycles. The number of nitrogens with one attached hydrogen (secondary N) is 1. The number of nitrogens with zero attached hydrogens (tertiary/aromatic N) is 1. The van der Waals surface area contributed by atoms with Gasteiger partial charge in [0.2, 0.25) is 0 Å². The average Bonchev–Trinajstić information content (AvgIpc) is 2.42. The van der Waals surface area contributed by atoms with E-state index in [1.165, 1.54) is 0 Å². The molecule has 0 aliphatic carbocycles. The smallest absolute Gasteiger partial charge is 0.149 e. The summed E-state index contributed by atoms with van der Waals surface area (Å²) in [6, 6.07) is 7.84. The lowest BCUT2D eigenvalue weighted by Gasteiger charge is -2.11. The first kappa shape index (κ1) is 13.6. The van der Waals surface area contributed by atoms with E-state index in [0.29, 0.717) is 5.75 Å². The van der Waals surface area contributed by atoms with Crippen LogP contribution >= 0.6 is 0 Å². The monoisotopic (exact) mass is 260 g/mol. The predicted octanol–water partition coefficient (Wildman–Crippen LogP) is 2.03. The Morgan fingerprint density at radius 1 is 1.42 bits per heavy atom. The lowest BCUT2D eigenvalue weighted by atomic mass is 10.1. The van der Waals surface area contributed by atoms with Crippen LogP contribution in [-0.2, 0) is 0 Å². The topological polar surface area (TPSA) is 86.2 Å². The zero-order valence-corrected chi connectivity index (χ0v) is 11.1. The molecule has 0 saturated heterocycles. The maximum absolute atomic E-state index is 5.73. The van der Waals surface area contributed by atoms with Gasteiger partial charge in [0.05, 0.1) is 11.2 Å². The summed E-state index contributed by atoms with van der Waals surface area (Å²) in [6.07, 6.45) is 3.78. The van der Waals surface area contributed by atoms with Crippen LogP contribution in [0.5, 0.6) is 5.75 Å². The van der Waals surface area contributed by atoms with E-state index in [4.69, 9.17) is 16.5 Å². The quantitative estimate of drug-likeness (QED) is 0.546. The third-order valence-electron chi connectivity index (χ3n) is 2.97. The van der Waals surface area contributed by atoms with E-state index in [1.54, 1.807) is 6.20 Å². The summed E-state index contributed by atoms with van der Waals surface area (Å²) in [4.78, 5) is 9.21. The molecule has 0 bridgehead atoms. The molecule has 5 nitrogen and oxygen atoms in total. The van der Waals surface area contributed by atoms with Crippen molar-refractivity contribution in [1.29, 1.82) is 0 Å². The van der Waals surface area contributed by atoms with E-state index in [2.05, 4.69) is 10.3 Å². The molecule has 1 atom stereocenters. The van der Waals surface area contributed by atoms with Crippen LogP contribution in [0.2, 0.25) is 0 Å². The SMILES string of the molecule is CC(N)CCCNc1cc(ON)cc2cccnc12. The van der Waals surface area contributed by atoms with E-state index in [-0.39, 0.29) is 6.04 Å². The van der Waals surface area contributed by atoms with Crippen LogP contribution < -0.4 is 21.8 Å². The van der Waals surface area contributed by atoms with Crippen molar-refractivity contribution in [3.63, 3.8) is 0 Å². The van der Waals surface area contributed by atoms with Gasteiger partial charge in [-0.2, -0.15) is 5.90 Å². The highest BCUT2D eigenvalue weighted by Crippen LogP contribution is 2.27. The summed E-state index contributed by atoms with van der Waals surface area (Å²) < 4.78 is 0. The maximum atomic E-state index is 5.73. The first-order valence-electron chi connectivity index (χ1n) is 6.45. The summed E-state index contributed by atoms with van der Waals surface area (Å²) in [7, 11) is 0. The van der Waals surface area contributed by atoms with Gasteiger partial charge >= 0.3 is 0 Å². The molecule has 0 fully saturated rings. The fraction of sp³-hybridized carbons (Fsp3) is 0.357. The fourth-order valence-corrected chi connectivity index (χ4v) is 2.01. The summed E-state index contributed by atoms with van der Waals surface area (Å²) in [5.74, 6) is 5.86. The first-order valence-corrected chi connectivity index (χ1v) is 6.45. The van der Waals surface area contributed by atoms with Gasteiger partial charge < -0.3 is 15.9 Å². The van der Waals surface area contributed by atoms with Crippen molar-refractivity contribution in [2.24, 2.45) is 11.6 Å². The standard InChI is InChI=1S/C14H20N4O/c1-10(15)4-2-6-17-13-9-12(19-16)8-11-5-3-7-18-14(11)13/h3,5,7-10,17H,2,4,6,15-16H2,1H3. The molecule has 19 heavy (non-hydrogen) atoms. The molecular weight excluding hydrogens is 240 g/mol. The Bertz CT molecular complexity index is 542. The fourth-order valence-electron chi connectivity index (χ4n) is 2.01. The summed E-state index contributed by atoms with van der Waals surface area (Å²) in [5.41, 5.74) is 7.59. The van der Waals surface area contributed by atoms with Gasteiger partial charge in [-0.15, -0.1) is 0 Å². The molecule has 1 unspecified atom stereocenters. The summed E-state index contributed by atoms with van der Waals surface area (Å²) in [6.45, 7) is 2.86. The van der Waals surface area contributed by atoms with Crippen LogP contribution in [0.4, 0.5) is 5.69 Å². The molecule has 1 aromatic heterocycles. The van der Waals surface area contributed by atoms with E-state index in [9.17, 15) is 0 Å². The molecule has 0 aliphatic rings. The van der Waals surface area contributed by atoms with Gasteiger partial charge in [-0.1, -0.05) is 6.07 Å².